The van der Waals surface area contributed by atoms with Crippen molar-refractivity contribution in [3.63, 3.8) is 0 Å². The lowest BCUT2D eigenvalue weighted by Crippen LogP contribution is -1.94. The minimum atomic E-state index is -0.217. The number of rotatable bonds is 3. The van der Waals surface area contributed by atoms with Crippen molar-refractivity contribution >= 4 is 43.6 Å². The SMILES string of the molecule is Cc1ccc2c(c1)c1ccccc1n2-c1ccc(-c2ccc(-n3c4ccccc4c4cc(F)ccc43)cc2)cc1. The summed E-state index contributed by atoms with van der Waals surface area (Å²) >= 11 is 0. The number of para-hydroxylation sites is 2. The highest BCUT2D eigenvalue weighted by Crippen LogP contribution is 2.35. The second-order valence-electron chi connectivity index (χ2n) is 10.5. The van der Waals surface area contributed by atoms with Crippen LogP contribution in [0.3, 0.4) is 0 Å². The molecule has 0 aliphatic heterocycles. The molecule has 0 spiro atoms. The monoisotopic (exact) mass is 516 g/mol. The van der Waals surface area contributed by atoms with Crippen molar-refractivity contribution in [3.8, 4) is 22.5 Å². The Balaban J connectivity index is 1.19. The van der Waals surface area contributed by atoms with Crippen molar-refractivity contribution in [3.05, 3.63) is 145 Å². The van der Waals surface area contributed by atoms with Crippen molar-refractivity contribution in [2.45, 2.75) is 6.92 Å². The molecule has 0 atom stereocenters. The number of fused-ring (bicyclic) bond motifs is 6. The van der Waals surface area contributed by atoms with Gasteiger partial charge in [0.1, 0.15) is 5.82 Å². The third-order valence-corrected chi connectivity index (χ3v) is 8.05. The maximum absolute atomic E-state index is 14.1. The molecule has 0 saturated heterocycles. The Morgan fingerprint density at radius 3 is 1.43 bits per heavy atom. The summed E-state index contributed by atoms with van der Waals surface area (Å²) < 4.78 is 18.7. The lowest BCUT2D eigenvalue weighted by Gasteiger charge is -2.11. The van der Waals surface area contributed by atoms with Crippen molar-refractivity contribution in [1.29, 1.82) is 0 Å². The Kier molecular flexibility index (Phi) is 4.95. The van der Waals surface area contributed by atoms with E-state index in [9.17, 15) is 4.39 Å². The van der Waals surface area contributed by atoms with Gasteiger partial charge >= 0.3 is 0 Å². The van der Waals surface area contributed by atoms with Crippen LogP contribution < -0.4 is 0 Å². The van der Waals surface area contributed by atoms with E-state index in [2.05, 4.69) is 119 Å². The number of aryl methyl sites for hydroxylation is 1. The highest BCUT2D eigenvalue weighted by molar-refractivity contribution is 6.10. The fourth-order valence-corrected chi connectivity index (χ4v) is 6.19. The third-order valence-electron chi connectivity index (χ3n) is 8.05. The number of nitrogens with zero attached hydrogens (tertiary/aromatic N) is 2. The van der Waals surface area contributed by atoms with Gasteiger partial charge in [-0.25, -0.2) is 4.39 Å². The average molecular weight is 517 g/mol. The smallest absolute Gasteiger partial charge is 0.123 e. The van der Waals surface area contributed by atoms with E-state index in [1.807, 2.05) is 18.2 Å². The molecule has 6 aromatic carbocycles. The Morgan fingerprint density at radius 2 is 0.875 bits per heavy atom. The molecule has 190 valence electrons. The molecule has 8 rings (SSSR count). The third kappa shape index (κ3) is 3.41. The van der Waals surface area contributed by atoms with Crippen LogP contribution in [0, 0.1) is 12.7 Å². The average Bonchev–Trinajstić information content (AvgIpc) is 3.50. The molecule has 0 unspecified atom stereocenters. The molecule has 0 radical (unpaired) electrons. The quantitative estimate of drug-likeness (QED) is 0.221. The predicted molar refractivity (Wildman–Crippen MR) is 165 cm³/mol. The minimum absolute atomic E-state index is 0.217. The van der Waals surface area contributed by atoms with Gasteiger partial charge in [-0.2, -0.15) is 0 Å². The van der Waals surface area contributed by atoms with E-state index in [1.165, 1.54) is 33.4 Å². The standard InChI is InChI=1S/C37H25FN2/c1-24-10-20-36-32(22-24)30-6-2-4-8-34(30)39(36)28-16-11-25(12-17-28)26-13-18-29(19-14-26)40-35-9-5-3-7-31(35)33-23-27(38)15-21-37(33)40/h2-23H,1H3. The van der Waals surface area contributed by atoms with Gasteiger partial charge in [0.25, 0.3) is 0 Å². The predicted octanol–water partition coefficient (Wildman–Crippen LogP) is 10.00. The van der Waals surface area contributed by atoms with Gasteiger partial charge in [-0.3, -0.25) is 0 Å². The van der Waals surface area contributed by atoms with Gasteiger partial charge in [0.05, 0.1) is 22.1 Å². The summed E-state index contributed by atoms with van der Waals surface area (Å²) in [5, 5.41) is 4.53. The van der Waals surface area contributed by atoms with E-state index < -0.39 is 0 Å². The lowest BCUT2D eigenvalue weighted by atomic mass is 10.0. The Morgan fingerprint density at radius 1 is 0.425 bits per heavy atom. The molecule has 40 heavy (non-hydrogen) atoms. The fourth-order valence-electron chi connectivity index (χ4n) is 6.19. The fraction of sp³-hybridized carbons (Fsp3) is 0.0270. The van der Waals surface area contributed by atoms with Crippen LogP contribution in [0.4, 0.5) is 4.39 Å². The zero-order valence-electron chi connectivity index (χ0n) is 22.0. The van der Waals surface area contributed by atoms with E-state index >= 15 is 0 Å². The van der Waals surface area contributed by atoms with Crippen LogP contribution in [0.15, 0.2) is 133 Å². The molecular formula is C37H25FN2. The van der Waals surface area contributed by atoms with Crippen LogP contribution in [0.2, 0.25) is 0 Å². The zero-order valence-corrected chi connectivity index (χ0v) is 22.0. The summed E-state index contributed by atoms with van der Waals surface area (Å²) in [5.74, 6) is -0.217. The van der Waals surface area contributed by atoms with Crippen molar-refractivity contribution < 1.29 is 4.39 Å². The summed E-state index contributed by atoms with van der Waals surface area (Å²) in [6.45, 7) is 2.15. The Hall–Kier alpha value is -5.15. The molecule has 0 amide bonds. The summed E-state index contributed by atoms with van der Waals surface area (Å²) in [6, 6.07) is 45.9. The van der Waals surface area contributed by atoms with E-state index in [0.29, 0.717) is 0 Å². The first-order valence-corrected chi connectivity index (χ1v) is 13.6. The van der Waals surface area contributed by atoms with E-state index in [0.717, 1.165) is 44.3 Å². The lowest BCUT2D eigenvalue weighted by molar-refractivity contribution is 0.629. The van der Waals surface area contributed by atoms with Crippen LogP contribution in [-0.2, 0) is 0 Å². The zero-order chi connectivity index (χ0) is 26.8. The molecule has 0 N–H and O–H groups in total. The van der Waals surface area contributed by atoms with Crippen molar-refractivity contribution in [2.75, 3.05) is 0 Å². The molecule has 2 aromatic heterocycles. The molecule has 0 aliphatic carbocycles. The first kappa shape index (κ1) is 22.8. The molecular weight excluding hydrogens is 491 g/mol. The molecule has 0 fully saturated rings. The van der Waals surface area contributed by atoms with E-state index in [-0.39, 0.29) is 5.82 Å². The molecule has 8 aromatic rings. The molecule has 2 heterocycles. The molecule has 2 nitrogen and oxygen atoms in total. The van der Waals surface area contributed by atoms with Crippen LogP contribution in [0.1, 0.15) is 5.56 Å². The number of hydrogen-bond acceptors (Lipinski definition) is 0. The first-order chi connectivity index (χ1) is 19.7. The van der Waals surface area contributed by atoms with Gasteiger partial charge < -0.3 is 9.13 Å². The highest BCUT2D eigenvalue weighted by atomic mass is 19.1. The molecule has 0 bridgehead atoms. The summed E-state index contributed by atoms with van der Waals surface area (Å²) in [5.41, 5.74) is 10.3. The summed E-state index contributed by atoms with van der Waals surface area (Å²) in [7, 11) is 0. The number of benzene rings is 6. The summed E-state index contributed by atoms with van der Waals surface area (Å²) in [4.78, 5) is 0. The second-order valence-corrected chi connectivity index (χ2v) is 10.5. The van der Waals surface area contributed by atoms with Gasteiger partial charge in [-0.05, 0) is 84.8 Å². The Labute approximate surface area is 231 Å². The van der Waals surface area contributed by atoms with Gasteiger partial charge in [-0.1, -0.05) is 72.3 Å². The molecule has 0 saturated carbocycles. The van der Waals surface area contributed by atoms with Gasteiger partial charge in [-0.15, -0.1) is 0 Å². The van der Waals surface area contributed by atoms with Crippen molar-refractivity contribution in [1.82, 2.24) is 9.13 Å². The van der Waals surface area contributed by atoms with Gasteiger partial charge in [0.2, 0.25) is 0 Å². The maximum Gasteiger partial charge on any atom is 0.123 e. The molecule has 0 aliphatic rings. The highest BCUT2D eigenvalue weighted by Gasteiger charge is 2.14. The minimum Gasteiger partial charge on any atom is -0.309 e. The maximum atomic E-state index is 14.1. The van der Waals surface area contributed by atoms with Gasteiger partial charge in [0, 0.05) is 32.9 Å². The topological polar surface area (TPSA) is 9.86 Å². The second kappa shape index (κ2) is 8.69. The number of hydrogen-bond donors (Lipinski definition) is 0. The van der Waals surface area contributed by atoms with Crippen LogP contribution in [0.25, 0.3) is 66.1 Å². The van der Waals surface area contributed by atoms with Gasteiger partial charge in [0.15, 0.2) is 0 Å². The largest absolute Gasteiger partial charge is 0.309 e. The Bertz CT molecular complexity index is 2050. The summed E-state index contributed by atoms with van der Waals surface area (Å²) in [6.07, 6.45) is 0. The first-order valence-electron chi connectivity index (χ1n) is 13.6. The molecule has 3 heteroatoms. The normalized spacial score (nSPS) is 11.8. The van der Waals surface area contributed by atoms with Crippen molar-refractivity contribution in [2.24, 2.45) is 0 Å². The number of aromatic nitrogens is 2. The van der Waals surface area contributed by atoms with E-state index in [1.54, 1.807) is 6.07 Å². The van der Waals surface area contributed by atoms with Crippen LogP contribution >= 0.6 is 0 Å². The van der Waals surface area contributed by atoms with E-state index in [4.69, 9.17) is 0 Å². The van der Waals surface area contributed by atoms with Crippen LogP contribution in [0.5, 0.6) is 0 Å². The van der Waals surface area contributed by atoms with Crippen LogP contribution in [-0.4, -0.2) is 9.13 Å². The number of halogens is 1.